The number of cyclic esters (lactones) is 1. The van der Waals surface area contributed by atoms with Crippen molar-refractivity contribution < 1.29 is 23.8 Å². The van der Waals surface area contributed by atoms with Crippen LogP contribution in [0.15, 0.2) is 48.5 Å². The summed E-state index contributed by atoms with van der Waals surface area (Å²) < 4.78 is 16.1. The zero-order valence-corrected chi connectivity index (χ0v) is 17.7. The second-order valence-electron chi connectivity index (χ2n) is 7.48. The van der Waals surface area contributed by atoms with Crippen LogP contribution in [0, 0.1) is 17.2 Å². The van der Waals surface area contributed by atoms with Crippen molar-refractivity contribution >= 4 is 12.1 Å². The molecule has 2 atom stereocenters. The van der Waals surface area contributed by atoms with E-state index in [0.29, 0.717) is 31.8 Å². The number of esters is 1. The molecule has 0 spiro atoms. The zero-order chi connectivity index (χ0) is 22.2. The predicted molar refractivity (Wildman–Crippen MR) is 113 cm³/mol. The second-order valence-corrected chi connectivity index (χ2v) is 7.48. The van der Waals surface area contributed by atoms with Crippen molar-refractivity contribution in [3.05, 3.63) is 65.2 Å². The van der Waals surface area contributed by atoms with Crippen LogP contribution in [0.1, 0.15) is 30.5 Å². The van der Waals surface area contributed by atoms with Gasteiger partial charge in [0.05, 0.1) is 30.2 Å². The summed E-state index contributed by atoms with van der Waals surface area (Å²) in [4.78, 5) is 25.6. The van der Waals surface area contributed by atoms with Crippen LogP contribution >= 0.6 is 0 Å². The summed E-state index contributed by atoms with van der Waals surface area (Å²) in [5.41, 5.74) is 2.65. The van der Waals surface area contributed by atoms with E-state index in [4.69, 9.17) is 19.5 Å². The number of nitriles is 1. The Morgan fingerprint density at radius 2 is 1.87 bits per heavy atom. The topological polar surface area (TPSA) is 88.9 Å². The van der Waals surface area contributed by atoms with Gasteiger partial charge in [-0.2, -0.15) is 5.26 Å². The van der Waals surface area contributed by atoms with Crippen LogP contribution in [0.4, 0.5) is 4.79 Å². The van der Waals surface area contributed by atoms with Gasteiger partial charge in [-0.1, -0.05) is 31.2 Å². The van der Waals surface area contributed by atoms with Crippen LogP contribution in [0.5, 0.6) is 5.75 Å². The first-order chi connectivity index (χ1) is 15.0. The molecule has 162 valence electrons. The van der Waals surface area contributed by atoms with E-state index in [-0.39, 0.29) is 18.6 Å². The molecule has 3 rings (SSSR count). The summed E-state index contributed by atoms with van der Waals surface area (Å²) in [6.07, 6.45) is 0.223. The molecule has 2 aromatic rings. The molecule has 0 aliphatic carbocycles. The maximum absolute atomic E-state index is 12.1. The average molecular weight is 422 g/mol. The van der Waals surface area contributed by atoms with E-state index >= 15 is 0 Å². The predicted octanol–water partition coefficient (Wildman–Crippen LogP) is 3.70. The SMILES string of the molecule is CCOC(=O)C(C)CN1C(=O)OC[C@@H]1Cc1ccc(OCc2ccc(C#N)cc2)cc1. The van der Waals surface area contributed by atoms with E-state index < -0.39 is 12.0 Å². The summed E-state index contributed by atoms with van der Waals surface area (Å²) in [6, 6.07) is 16.9. The van der Waals surface area contributed by atoms with Crippen LogP contribution in [0.2, 0.25) is 0 Å². The van der Waals surface area contributed by atoms with Gasteiger partial charge < -0.3 is 19.1 Å². The van der Waals surface area contributed by atoms with Gasteiger partial charge in [-0.05, 0) is 48.7 Å². The van der Waals surface area contributed by atoms with Crippen LogP contribution in [-0.2, 0) is 27.3 Å². The Hall–Kier alpha value is -3.53. The Morgan fingerprint density at radius 1 is 1.19 bits per heavy atom. The van der Waals surface area contributed by atoms with Crippen LogP contribution in [0.3, 0.4) is 0 Å². The molecule has 1 heterocycles. The first kappa shape index (κ1) is 22.2. The Kier molecular flexibility index (Phi) is 7.50. The van der Waals surface area contributed by atoms with Gasteiger partial charge in [0, 0.05) is 6.54 Å². The molecule has 1 unspecified atom stereocenters. The highest BCUT2D eigenvalue weighted by atomic mass is 16.6. The number of ether oxygens (including phenoxy) is 3. The van der Waals surface area contributed by atoms with Gasteiger partial charge >= 0.3 is 12.1 Å². The van der Waals surface area contributed by atoms with Crippen molar-refractivity contribution in [1.29, 1.82) is 5.26 Å². The Bertz CT molecular complexity index is 934. The van der Waals surface area contributed by atoms with Gasteiger partial charge in [-0.3, -0.25) is 4.79 Å². The molecule has 1 saturated heterocycles. The minimum atomic E-state index is -0.411. The van der Waals surface area contributed by atoms with E-state index in [1.165, 1.54) is 0 Å². The third-order valence-corrected chi connectivity index (χ3v) is 5.12. The lowest BCUT2D eigenvalue weighted by Crippen LogP contribution is -2.40. The monoisotopic (exact) mass is 422 g/mol. The normalized spacial score (nSPS) is 16.4. The van der Waals surface area contributed by atoms with Crippen LogP contribution in [-0.4, -0.2) is 42.8 Å². The third kappa shape index (κ3) is 5.98. The molecule has 1 amide bonds. The molecule has 1 aliphatic rings. The highest BCUT2D eigenvalue weighted by Gasteiger charge is 2.35. The van der Waals surface area contributed by atoms with Gasteiger partial charge in [0.2, 0.25) is 0 Å². The number of carbonyl (C=O) groups is 2. The molecule has 0 radical (unpaired) electrons. The van der Waals surface area contributed by atoms with E-state index in [1.54, 1.807) is 30.9 Å². The minimum Gasteiger partial charge on any atom is -0.489 e. The molecular formula is C24H26N2O5. The highest BCUT2D eigenvalue weighted by molar-refractivity contribution is 5.74. The Morgan fingerprint density at radius 3 is 2.52 bits per heavy atom. The fourth-order valence-corrected chi connectivity index (χ4v) is 3.37. The van der Waals surface area contributed by atoms with Crippen molar-refractivity contribution in [3.63, 3.8) is 0 Å². The van der Waals surface area contributed by atoms with Crippen LogP contribution in [0.25, 0.3) is 0 Å². The first-order valence-corrected chi connectivity index (χ1v) is 10.3. The molecule has 31 heavy (non-hydrogen) atoms. The van der Waals surface area contributed by atoms with Crippen molar-refractivity contribution in [3.8, 4) is 11.8 Å². The van der Waals surface area contributed by atoms with E-state index in [1.807, 2.05) is 36.4 Å². The summed E-state index contributed by atoms with van der Waals surface area (Å²) >= 11 is 0. The van der Waals surface area contributed by atoms with E-state index in [0.717, 1.165) is 16.9 Å². The summed E-state index contributed by atoms with van der Waals surface area (Å²) in [7, 11) is 0. The smallest absolute Gasteiger partial charge is 0.410 e. The zero-order valence-electron chi connectivity index (χ0n) is 17.7. The molecule has 2 aromatic carbocycles. The van der Waals surface area contributed by atoms with Crippen molar-refractivity contribution in [2.45, 2.75) is 32.9 Å². The lowest BCUT2D eigenvalue weighted by atomic mass is 10.0. The number of benzene rings is 2. The van der Waals surface area contributed by atoms with Crippen molar-refractivity contribution in [1.82, 2.24) is 4.90 Å². The van der Waals surface area contributed by atoms with Gasteiger partial charge in [0.15, 0.2) is 0 Å². The number of nitrogens with zero attached hydrogens (tertiary/aromatic N) is 2. The van der Waals surface area contributed by atoms with Gasteiger partial charge in [-0.15, -0.1) is 0 Å². The largest absolute Gasteiger partial charge is 0.489 e. The molecule has 0 saturated carbocycles. The molecule has 1 aliphatic heterocycles. The molecule has 1 fully saturated rings. The first-order valence-electron chi connectivity index (χ1n) is 10.3. The number of rotatable bonds is 9. The Balaban J connectivity index is 1.54. The highest BCUT2D eigenvalue weighted by Crippen LogP contribution is 2.21. The van der Waals surface area contributed by atoms with Gasteiger partial charge in [-0.25, -0.2) is 4.79 Å². The molecular weight excluding hydrogens is 396 g/mol. The maximum Gasteiger partial charge on any atom is 0.410 e. The molecule has 7 heteroatoms. The van der Waals surface area contributed by atoms with Crippen LogP contribution < -0.4 is 4.74 Å². The van der Waals surface area contributed by atoms with Crippen molar-refractivity contribution in [2.75, 3.05) is 19.8 Å². The fraction of sp³-hybridized carbons (Fsp3) is 0.375. The van der Waals surface area contributed by atoms with E-state index in [2.05, 4.69) is 6.07 Å². The average Bonchev–Trinajstić information content (AvgIpc) is 3.12. The molecule has 7 nitrogen and oxygen atoms in total. The second kappa shape index (κ2) is 10.5. The van der Waals surface area contributed by atoms with E-state index in [9.17, 15) is 9.59 Å². The lowest BCUT2D eigenvalue weighted by molar-refractivity contribution is -0.147. The fourth-order valence-electron chi connectivity index (χ4n) is 3.37. The summed E-state index contributed by atoms with van der Waals surface area (Å²) in [6.45, 7) is 4.81. The third-order valence-electron chi connectivity index (χ3n) is 5.12. The Labute approximate surface area is 182 Å². The number of amides is 1. The molecule has 0 N–H and O–H groups in total. The molecule has 0 aromatic heterocycles. The quantitative estimate of drug-likeness (QED) is 0.573. The number of hydrogen-bond acceptors (Lipinski definition) is 6. The van der Waals surface area contributed by atoms with Crippen molar-refractivity contribution in [2.24, 2.45) is 5.92 Å². The van der Waals surface area contributed by atoms with Gasteiger partial charge in [0.1, 0.15) is 19.0 Å². The number of hydrogen-bond donors (Lipinski definition) is 0. The standard InChI is InChI=1S/C24H26N2O5/c1-3-29-23(27)17(2)14-26-21(16-31-24(26)28)12-18-8-10-22(11-9-18)30-15-20-6-4-19(13-25)5-7-20/h4-11,17,21H,3,12,14-16H2,1-2H3/t17?,21-/m0/s1. The minimum absolute atomic E-state index is 0.130. The summed E-state index contributed by atoms with van der Waals surface area (Å²) in [5, 5.41) is 8.85. The van der Waals surface area contributed by atoms with Gasteiger partial charge in [0.25, 0.3) is 0 Å². The molecule has 0 bridgehead atoms. The number of carbonyl (C=O) groups excluding carboxylic acids is 2. The lowest BCUT2D eigenvalue weighted by Gasteiger charge is -2.24. The summed E-state index contributed by atoms with van der Waals surface area (Å²) in [5.74, 6) is 0.00969. The maximum atomic E-state index is 12.1.